The van der Waals surface area contributed by atoms with Crippen LogP contribution in [0.25, 0.3) is 11.1 Å². The molecule has 0 N–H and O–H groups in total. The number of allylic oxidation sites excluding steroid dienone is 2. The molecule has 2 aliphatic rings. The lowest BCUT2D eigenvalue weighted by Gasteiger charge is -2.30. The van der Waals surface area contributed by atoms with Gasteiger partial charge in [-0.15, -0.1) is 0 Å². The van der Waals surface area contributed by atoms with Gasteiger partial charge >= 0.3 is 5.97 Å². The molecule has 1 aliphatic carbocycles. The van der Waals surface area contributed by atoms with Crippen molar-refractivity contribution in [2.45, 2.75) is 83.1 Å². The molecule has 0 amide bonds. The minimum atomic E-state index is -0.200. The van der Waals surface area contributed by atoms with Gasteiger partial charge in [-0.3, -0.25) is 4.79 Å². The second-order valence-electron chi connectivity index (χ2n) is 12.4. The van der Waals surface area contributed by atoms with Crippen LogP contribution in [0.1, 0.15) is 68.1 Å². The summed E-state index contributed by atoms with van der Waals surface area (Å²) in [5.74, 6) is 0.123. The number of hydrogen-bond donors (Lipinski definition) is 0. The Labute approximate surface area is 279 Å². The highest BCUT2D eigenvalue weighted by molar-refractivity contribution is 5.69. The molecule has 3 aromatic carbocycles. The van der Waals surface area contributed by atoms with E-state index in [-0.39, 0.29) is 36.3 Å². The average Bonchev–Trinajstić information content (AvgIpc) is 3.44. The van der Waals surface area contributed by atoms with Gasteiger partial charge in [-0.1, -0.05) is 78.9 Å². The van der Waals surface area contributed by atoms with Crippen molar-refractivity contribution in [2.24, 2.45) is 11.8 Å². The summed E-state index contributed by atoms with van der Waals surface area (Å²) in [6, 6.07) is 28.7. The van der Waals surface area contributed by atoms with E-state index in [1.54, 1.807) is 0 Å². The molecule has 7 heteroatoms. The molecule has 3 aromatic rings. The molecule has 5 atom stereocenters. The van der Waals surface area contributed by atoms with Crippen LogP contribution in [0, 0.1) is 23.2 Å². The van der Waals surface area contributed by atoms with Crippen molar-refractivity contribution in [2.75, 3.05) is 20.3 Å². The zero-order valence-corrected chi connectivity index (χ0v) is 27.4. The van der Waals surface area contributed by atoms with Gasteiger partial charge in [0.1, 0.15) is 0 Å². The number of unbranched alkanes of at least 4 members (excludes halogenated alkanes) is 1. The number of nitrogens with zero attached hydrogens (tertiary/aromatic N) is 1. The third kappa shape index (κ3) is 10.6. The summed E-state index contributed by atoms with van der Waals surface area (Å²) in [6.45, 7) is 2.24. The molecule has 1 aliphatic heterocycles. The van der Waals surface area contributed by atoms with E-state index in [9.17, 15) is 4.79 Å². The second kappa shape index (κ2) is 18.5. The van der Waals surface area contributed by atoms with Crippen molar-refractivity contribution < 1.29 is 28.5 Å². The van der Waals surface area contributed by atoms with Gasteiger partial charge in [-0.25, -0.2) is 0 Å². The molecule has 0 spiro atoms. The highest BCUT2D eigenvalue weighted by atomic mass is 16.7. The van der Waals surface area contributed by atoms with E-state index in [0.717, 1.165) is 62.7 Å². The number of rotatable bonds is 16. The van der Waals surface area contributed by atoms with Crippen LogP contribution in [0.5, 0.6) is 0 Å². The summed E-state index contributed by atoms with van der Waals surface area (Å²) in [4.78, 5) is 11.5. The van der Waals surface area contributed by atoms with E-state index in [2.05, 4.69) is 66.8 Å². The smallest absolute Gasteiger partial charge is 0.305 e. The van der Waals surface area contributed by atoms with Crippen molar-refractivity contribution in [3.05, 3.63) is 108 Å². The third-order valence-corrected chi connectivity index (χ3v) is 9.18. The van der Waals surface area contributed by atoms with Gasteiger partial charge in [0.15, 0.2) is 6.29 Å². The van der Waals surface area contributed by atoms with E-state index in [1.165, 1.54) is 18.2 Å². The Morgan fingerprint density at radius 2 is 1.64 bits per heavy atom. The zero-order valence-electron chi connectivity index (χ0n) is 27.4. The molecule has 2 fully saturated rings. The fourth-order valence-electron chi connectivity index (χ4n) is 6.50. The molecule has 0 bridgehead atoms. The van der Waals surface area contributed by atoms with Gasteiger partial charge in [0.25, 0.3) is 0 Å². The fraction of sp³-hybridized carbons (Fsp3) is 0.450. The standard InChI is InChI=1S/C40H47NO6/c1-43-39(42)14-8-3-2-7-13-35-36(29-44-27-31-18-16-30(26-41)17-19-31)38(47-40-15-9-10-24-45-40)25-37(35)46-28-32-20-22-34(23-21-32)33-11-5-4-6-12-33/h2,4-7,11-12,16-23,35-38,40H,3,8-10,13-15,24-25,27-29H2,1H3/t35-,36-,37+,38-,40?/m1/s1. The van der Waals surface area contributed by atoms with E-state index >= 15 is 0 Å². The molecule has 1 saturated heterocycles. The van der Waals surface area contributed by atoms with Crippen molar-refractivity contribution in [1.82, 2.24) is 0 Å². The summed E-state index contributed by atoms with van der Waals surface area (Å²) < 4.78 is 30.5. The monoisotopic (exact) mass is 637 g/mol. The Kier molecular flexibility index (Phi) is 13.6. The fourth-order valence-corrected chi connectivity index (χ4v) is 6.50. The first-order valence-corrected chi connectivity index (χ1v) is 16.9. The van der Waals surface area contributed by atoms with Crippen LogP contribution < -0.4 is 0 Å². The normalized spacial score (nSPS) is 22.7. The average molecular weight is 638 g/mol. The van der Waals surface area contributed by atoms with Crippen LogP contribution in [0.4, 0.5) is 0 Å². The van der Waals surface area contributed by atoms with E-state index in [1.807, 2.05) is 30.3 Å². The van der Waals surface area contributed by atoms with Crippen LogP contribution in [0.3, 0.4) is 0 Å². The van der Waals surface area contributed by atoms with Crippen LogP contribution in [-0.2, 0) is 41.7 Å². The van der Waals surface area contributed by atoms with Crippen molar-refractivity contribution in [3.8, 4) is 17.2 Å². The first-order valence-electron chi connectivity index (χ1n) is 16.9. The van der Waals surface area contributed by atoms with Crippen LogP contribution in [0.15, 0.2) is 91.0 Å². The summed E-state index contributed by atoms with van der Waals surface area (Å²) in [5.41, 5.74) is 5.19. The minimum Gasteiger partial charge on any atom is -0.469 e. The zero-order chi connectivity index (χ0) is 32.7. The topological polar surface area (TPSA) is 87.0 Å². The maximum Gasteiger partial charge on any atom is 0.305 e. The van der Waals surface area contributed by atoms with Gasteiger partial charge < -0.3 is 23.7 Å². The maximum atomic E-state index is 11.5. The quantitative estimate of drug-likeness (QED) is 0.0890. The van der Waals surface area contributed by atoms with Crippen LogP contribution in [0.2, 0.25) is 0 Å². The Bertz CT molecular complexity index is 1430. The molecule has 1 heterocycles. The predicted molar refractivity (Wildman–Crippen MR) is 181 cm³/mol. The highest BCUT2D eigenvalue weighted by Gasteiger charge is 2.45. The number of methoxy groups -OCH3 is 1. The summed E-state index contributed by atoms with van der Waals surface area (Å²) in [5, 5.41) is 9.15. The summed E-state index contributed by atoms with van der Waals surface area (Å²) >= 11 is 0. The van der Waals surface area contributed by atoms with Crippen molar-refractivity contribution in [1.29, 1.82) is 5.26 Å². The number of benzene rings is 3. The van der Waals surface area contributed by atoms with Gasteiger partial charge in [0.05, 0.1) is 50.8 Å². The highest BCUT2D eigenvalue weighted by Crippen LogP contribution is 2.41. The molecule has 7 nitrogen and oxygen atoms in total. The van der Waals surface area contributed by atoms with Crippen molar-refractivity contribution in [3.63, 3.8) is 0 Å². The largest absolute Gasteiger partial charge is 0.469 e. The first kappa shape index (κ1) is 34.5. The molecular weight excluding hydrogens is 590 g/mol. The Morgan fingerprint density at radius 3 is 2.36 bits per heavy atom. The second-order valence-corrected chi connectivity index (χ2v) is 12.4. The molecular formula is C40H47NO6. The molecule has 5 rings (SSSR count). The first-order chi connectivity index (χ1) is 23.1. The van der Waals surface area contributed by atoms with Crippen LogP contribution >= 0.6 is 0 Å². The number of ether oxygens (including phenoxy) is 5. The lowest BCUT2D eigenvalue weighted by Crippen LogP contribution is -2.33. The molecule has 1 unspecified atom stereocenters. The number of hydrogen-bond acceptors (Lipinski definition) is 7. The maximum absolute atomic E-state index is 11.5. The number of carbonyl (C=O) groups is 1. The number of esters is 1. The Balaban J connectivity index is 1.28. The molecule has 248 valence electrons. The summed E-state index contributed by atoms with van der Waals surface area (Å²) in [7, 11) is 1.43. The van der Waals surface area contributed by atoms with E-state index < -0.39 is 0 Å². The lowest BCUT2D eigenvalue weighted by molar-refractivity contribution is -0.199. The Morgan fingerprint density at radius 1 is 0.894 bits per heavy atom. The minimum absolute atomic E-state index is 0.0133. The van der Waals surface area contributed by atoms with E-state index in [0.29, 0.717) is 31.8 Å². The van der Waals surface area contributed by atoms with Crippen molar-refractivity contribution >= 4 is 5.97 Å². The SMILES string of the molecule is COC(=O)CCCC=CC[C@@H]1[C@@H](COCc2ccc(C#N)cc2)[C@H](OC2CCCCO2)C[C@@H]1OCc1ccc(-c2ccccc2)cc1. The molecule has 47 heavy (non-hydrogen) atoms. The number of carbonyl (C=O) groups excluding carboxylic acids is 1. The number of nitriles is 1. The van der Waals surface area contributed by atoms with E-state index in [4.69, 9.17) is 28.9 Å². The van der Waals surface area contributed by atoms with Gasteiger partial charge in [0, 0.05) is 25.4 Å². The Hall–Kier alpha value is -3.80. The predicted octanol–water partition coefficient (Wildman–Crippen LogP) is 8.16. The lowest BCUT2D eigenvalue weighted by atomic mass is 9.90. The van der Waals surface area contributed by atoms with Gasteiger partial charge in [-0.05, 0) is 78.8 Å². The molecule has 0 aromatic heterocycles. The van der Waals surface area contributed by atoms with Gasteiger partial charge in [0.2, 0.25) is 0 Å². The van der Waals surface area contributed by atoms with Crippen LogP contribution in [-0.4, -0.2) is 44.8 Å². The summed E-state index contributed by atoms with van der Waals surface area (Å²) in [6.07, 6.45) is 10.8. The molecule has 0 radical (unpaired) electrons. The molecule has 1 saturated carbocycles. The van der Waals surface area contributed by atoms with Gasteiger partial charge in [-0.2, -0.15) is 5.26 Å². The third-order valence-electron chi connectivity index (χ3n) is 9.18.